The molecule has 1 rings (SSSR count). The molecule has 0 saturated carbocycles. The summed E-state index contributed by atoms with van der Waals surface area (Å²) in [5.41, 5.74) is 6.47. The van der Waals surface area contributed by atoms with Crippen LogP contribution in [0.3, 0.4) is 0 Å². The summed E-state index contributed by atoms with van der Waals surface area (Å²) in [6, 6.07) is 3.92. The first-order valence-corrected chi connectivity index (χ1v) is 6.03. The second-order valence-electron chi connectivity index (χ2n) is 3.68. The minimum Gasteiger partial charge on any atom is -0.383 e. The molecule has 19 heavy (non-hydrogen) atoms. The van der Waals surface area contributed by atoms with Crippen LogP contribution < -0.4 is 5.73 Å². The van der Waals surface area contributed by atoms with E-state index in [1.807, 2.05) is 26.0 Å². The highest BCUT2D eigenvalue weighted by Crippen LogP contribution is 2.17. The summed E-state index contributed by atoms with van der Waals surface area (Å²) in [7, 11) is 0. The lowest BCUT2D eigenvalue weighted by atomic mass is 10.2. The summed E-state index contributed by atoms with van der Waals surface area (Å²) < 4.78 is 12.2. The first-order valence-electron chi connectivity index (χ1n) is 6.03. The smallest absolute Gasteiger partial charge is 0.177 e. The lowest BCUT2D eigenvalue weighted by molar-refractivity contribution is -0.144. The highest BCUT2D eigenvalue weighted by molar-refractivity contribution is 5.52. The third kappa shape index (κ3) is 3.68. The van der Waals surface area contributed by atoms with E-state index < -0.39 is 6.29 Å². The Hall–Kier alpha value is -2.09. The van der Waals surface area contributed by atoms with Crippen molar-refractivity contribution in [3.8, 4) is 12.1 Å². The number of nitrogen functional groups attached to an aromatic ring is 1. The Morgan fingerprint density at radius 3 is 2.42 bits per heavy atom. The van der Waals surface area contributed by atoms with Gasteiger partial charge >= 0.3 is 0 Å². The second-order valence-corrected chi connectivity index (χ2v) is 3.68. The highest BCUT2D eigenvalue weighted by atomic mass is 16.7. The Bertz CT molecular complexity index is 491. The van der Waals surface area contributed by atoms with Crippen LogP contribution in [0.15, 0.2) is 0 Å². The van der Waals surface area contributed by atoms with Crippen molar-refractivity contribution >= 4 is 5.82 Å². The van der Waals surface area contributed by atoms with Crippen LogP contribution in [0.1, 0.15) is 25.1 Å². The van der Waals surface area contributed by atoms with E-state index in [-0.39, 0.29) is 24.3 Å². The number of aromatic nitrogens is 2. The van der Waals surface area contributed by atoms with Crippen LogP contribution in [-0.4, -0.2) is 29.3 Å². The summed E-state index contributed by atoms with van der Waals surface area (Å²) in [5.74, 6) is 0.233. The minimum atomic E-state index is -0.473. The van der Waals surface area contributed by atoms with Crippen molar-refractivity contribution in [1.29, 1.82) is 10.5 Å². The van der Waals surface area contributed by atoms with Crippen molar-refractivity contribution in [3.63, 3.8) is 0 Å². The van der Waals surface area contributed by atoms with Gasteiger partial charge in [0.15, 0.2) is 6.29 Å². The molecular formula is C12H17N5O2. The molecule has 1 aromatic heterocycles. The maximum absolute atomic E-state index is 9.02. The van der Waals surface area contributed by atoms with Gasteiger partial charge in [0.25, 0.3) is 0 Å². The number of ether oxygens (including phenoxy) is 2. The summed E-state index contributed by atoms with van der Waals surface area (Å²) in [4.78, 5) is 0. The molecule has 7 heteroatoms. The zero-order chi connectivity index (χ0) is 14.3. The highest BCUT2D eigenvalue weighted by Gasteiger charge is 2.18. The molecule has 0 fully saturated rings. The Labute approximate surface area is 112 Å². The Kier molecular flexibility index (Phi) is 5.80. The summed E-state index contributed by atoms with van der Waals surface area (Å²) in [6.07, 6.45) is -0.424. The van der Waals surface area contributed by atoms with E-state index >= 15 is 0 Å². The molecule has 0 aliphatic rings. The van der Waals surface area contributed by atoms with Gasteiger partial charge in [0.05, 0.1) is 24.7 Å². The molecule has 0 aliphatic carbocycles. The largest absolute Gasteiger partial charge is 0.383 e. The number of rotatable bonds is 7. The topological polar surface area (TPSA) is 110 Å². The normalized spacial score (nSPS) is 10.4. The zero-order valence-corrected chi connectivity index (χ0v) is 11.1. The number of hydrogen-bond acceptors (Lipinski definition) is 6. The molecule has 102 valence electrons. The van der Waals surface area contributed by atoms with E-state index in [1.165, 1.54) is 4.68 Å². The maximum Gasteiger partial charge on any atom is 0.177 e. The molecule has 0 bridgehead atoms. The van der Waals surface area contributed by atoms with Crippen LogP contribution in [-0.2, 0) is 22.4 Å². The zero-order valence-electron chi connectivity index (χ0n) is 11.1. The molecule has 1 aromatic rings. The molecule has 1 heterocycles. The predicted octanol–water partition coefficient (Wildman–Crippen LogP) is 0.802. The van der Waals surface area contributed by atoms with Crippen LogP contribution in [0, 0.1) is 22.7 Å². The lowest BCUT2D eigenvalue weighted by Gasteiger charge is -2.17. The first-order chi connectivity index (χ1) is 9.17. The molecule has 7 nitrogen and oxygen atoms in total. The van der Waals surface area contributed by atoms with Crippen molar-refractivity contribution < 1.29 is 9.47 Å². The molecule has 0 radical (unpaired) electrons. The number of hydrogen-bond donors (Lipinski definition) is 1. The average Bonchev–Trinajstić information content (AvgIpc) is 2.67. The molecule has 0 unspecified atom stereocenters. The van der Waals surface area contributed by atoms with Gasteiger partial charge in [-0.25, -0.2) is 4.68 Å². The fourth-order valence-electron chi connectivity index (χ4n) is 1.65. The van der Waals surface area contributed by atoms with E-state index in [9.17, 15) is 0 Å². The monoisotopic (exact) mass is 263 g/mol. The van der Waals surface area contributed by atoms with Crippen LogP contribution >= 0.6 is 0 Å². The number of anilines is 1. The van der Waals surface area contributed by atoms with Crippen molar-refractivity contribution in [3.05, 3.63) is 11.3 Å². The van der Waals surface area contributed by atoms with E-state index in [2.05, 4.69) is 5.10 Å². The molecule has 0 amide bonds. The molecule has 2 N–H and O–H groups in total. The van der Waals surface area contributed by atoms with Crippen LogP contribution in [0.5, 0.6) is 0 Å². The Morgan fingerprint density at radius 1 is 1.32 bits per heavy atom. The fourth-order valence-corrected chi connectivity index (χ4v) is 1.65. The van der Waals surface area contributed by atoms with Gasteiger partial charge in [0, 0.05) is 13.2 Å². The standard InChI is InChI=1S/C12H17N5O2/c1-3-18-11(19-4-2)8-17-12(15)9(7-14)10(16-17)5-6-13/h11H,3-5,8,15H2,1-2H3. The summed E-state index contributed by atoms with van der Waals surface area (Å²) >= 11 is 0. The van der Waals surface area contributed by atoms with Gasteiger partial charge < -0.3 is 15.2 Å². The van der Waals surface area contributed by atoms with Gasteiger partial charge in [-0.15, -0.1) is 0 Å². The molecule has 0 aliphatic heterocycles. The number of nitrogens with two attached hydrogens (primary N) is 1. The Balaban J connectivity index is 2.94. The quantitative estimate of drug-likeness (QED) is 0.728. The molecule has 0 spiro atoms. The molecular weight excluding hydrogens is 246 g/mol. The van der Waals surface area contributed by atoms with Crippen molar-refractivity contribution in [2.75, 3.05) is 18.9 Å². The summed E-state index contributed by atoms with van der Waals surface area (Å²) in [6.45, 7) is 5.01. The predicted molar refractivity (Wildman–Crippen MR) is 67.7 cm³/mol. The van der Waals surface area contributed by atoms with Gasteiger partial charge in [-0.2, -0.15) is 15.6 Å². The van der Waals surface area contributed by atoms with E-state index in [1.54, 1.807) is 0 Å². The van der Waals surface area contributed by atoms with Crippen molar-refractivity contribution in [2.45, 2.75) is 33.1 Å². The summed E-state index contributed by atoms with van der Waals surface area (Å²) in [5, 5.41) is 21.9. The Morgan fingerprint density at radius 2 is 1.95 bits per heavy atom. The number of nitriles is 2. The number of nitrogens with zero attached hydrogens (tertiary/aromatic N) is 4. The van der Waals surface area contributed by atoms with Gasteiger partial charge in [-0.05, 0) is 13.8 Å². The molecule has 0 aromatic carbocycles. The minimum absolute atomic E-state index is 0.0496. The van der Waals surface area contributed by atoms with Gasteiger partial charge in [0.2, 0.25) is 0 Å². The average molecular weight is 263 g/mol. The van der Waals surface area contributed by atoms with Gasteiger partial charge in [-0.3, -0.25) is 0 Å². The van der Waals surface area contributed by atoms with Crippen LogP contribution in [0.25, 0.3) is 0 Å². The van der Waals surface area contributed by atoms with Crippen LogP contribution in [0.4, 0.5) is 5.82 Å². The lowest BCUT2D eigenvalue weighted by Crippen LogP contribution is -2.25. The fraction of sp³-hybridized carbons (Fsp3) is 0.583. The van der Waals surface area contributed by atoms with E-state index in [4.69, 9.17) is 25.7 Å². The SMILES string of the molecule is CCOC(Cn1nc(CC#N)c(C#N)c1N)OCC. The van der Waals surface area contributed by atoms with Crippen molar-refractivity contribution in [2.24, 2.45) is 0 Å². The van der Waals surface area contributed by atoms with Gasteiger partial charge in [-0.1, -0.05) is 0 Å². The third-order valence-corrected chi connectivity index (χ3v) is 2.45. The van der Waals surface area contributed by atoms with E-state index in [0.29, 0.717) is 18.9 Å². The van der Waals surface area contributed by atoms with E-state index in [0.717, 1.165) is 0 Å². The molecule has 0 atom stereocenters. The maximum atomic E-state index is 9.02. The molecule has 0 saturated heterocycles. The first kappa shape index (κ1) is 15.0. The third-order valence-electron chi connectivity index (χ3n) is 2.45. The van der Waals surface area contributed by atoms with Gasteiger partial charge in [0.1, 0.15) is 17.5 Å². The van der Waals surface area contributed by atoms with Crippen LogP contribution in [0.2, 0.25) is 0 Å². The van der Waals surface area contributed by atoms with Crippen molar-refractivity contribution in [1.82, 2.24) is 9.78 Å². The second kappa shape index (κ2) is 7.37.